The molecule has 1 unspecified atom stereocenters. The molecule has 45 heavy (non-hydrogen) atoms. The van der Waals surface area contributed by atoms with Gasteiger partial charge in [0.05, 0.1) is 18.5 Å². The molecule has 1 saturated heterocycles. The van der Waals surface area contributed by atoms with Gasteiger partial charge in [-0.1, -0.05) is 12.1 Å². The number of nitrogens with zero attached hydrogens (tertiary/aromatic N) is 1. The number of nitrogens with one attached hydrogen (secondary N) is 2. The van der Waals surface area contributed by atoms with E-state index in [9.17, 15) is 14.0 Å². The van der Waals surface area contributed by atoms with E-state index >= 15 is 0 Å². The Bertz CT molecular complexity index is 1560. The maximum atomic E-state index is 14.1. The van der Waals surface area contributed by atoms with Crippen LogP contribution in [0.15, 0.2) is 48.5 Å². The first kappa shape index (κ1) is 33.9. The van der Waals surface area contributed by atoms with Gasteiger partial charge < -0.3 is 34.5 Å². The van der Waals surface area contributed by atoms with Crippen LogP contribution in [0, 0.1) is 12.7 Å². The molecule has 3 aromatic rings. The SMILES string of the molecule is COc1cc(OC[C@H](C)OC(=O)C2CCCN2)ccc1-c1ccc2c(c1COc1cc(F)ccc1C)N(C)C(=O)C(C)(C)N2.Cl. The van der Waals surface area contributed by atoms with Crippen LogP contribution >= 0.6 is 12.4 Å². The first-order valence-electron chi connectivity index (χ1n) is 14.8. The van der Waals surface area contributed by atoms with E-state index in [1.165, 1.54) is 12.1 Å². The zero-order chi connectivity index (χ0) is 31.6. The molecule has 2 N–H and O–H groups in total. The number of esters is 1. The van der Waals surface area contributed by atoms with E-state index < -0.39 is 17.5 Å². The third-order valence-electron chi connectivity index (χ3n) is 8.04. The summed E-state index contributed by atoms with van der Waals surface area (Å²) in [6, 6.07) is 13.5. The standard InChI is InChI=1S/C34H40FN3O6.ClH/c1-20-9-10-22(35)16-29(20)43-19-26-24(13-14-27-31(26)38(5)33(40)34(3,4)37-27)25-12-11-23(17-30(25)41-6)42-18-21(2)44-32(39)28-8-7-15-36-28;/h9-14,16-17,21,28,36-37H,7-8,15,18-19H2,1-6H3;1H/t21-,28?;/m0./s1. The van der Waals surface area contributed by atoms with E-state index in [-0.39, 0.29) is 43.5 Å². The number of hydrogen-bond donors (Lipinski definition) is 2. The molecule has 2 atom stereocenters. The van der Waals surface area contributed by atoms with Gasteiger partial charge in [0.2, 0.25) is 0 Å². The van der Waals surface area contributed by atoms with E-state index in [2.05, 4.69) is 10.6 Å². The maximum Gasteiger partial charge on any atom is 0.323 e. The first-order chi connectivity index (χ1) is 21.0. The third-order valence-corrected chi connectivity index (χ3v) is 8.04. The van der Waals surface area contributed by atoms with Gasteiger partial charge in [-0.05, 0) is 82.5 Å². The molecule has 0 saturated carbocycles. The molecule has 1 amide bonds. The number of rotatable bonds is 10. The smallest absolute Gasteiger partial charge is 0.323 e. The van der Waals surface area contributed by atoms with Crippen LogP contribution in [0.4, 0.5) is 15.8 Å². The lowest BCUT2D eigenvalue weighted by molar-refractivity contribution is -0.151. The summed E-state index contributed by atoms with van der Waals surface area (Å²) in [5, 5.41) is 6.50. The van der Waals surface area contributed by atoms with Crippen LogP contribution in [0.3, 0.4) is 0 Å². The normalized spacial score (nSPS) is 17.4. The van der Waals surface area contributed by atoms with E-state index in [0.29, 0.717) is 22.9 Å². The van der Waals surface area contributed by atoms with Crippen LogP contribution in [0.5, 0.6) is 17.2 Å². The van der Waals surface area contributed by atoms with Gasteiger partial charge in [0.15, 0.2) is 0 Å². The van der Waals surface area contributed by atoms with Gasteiger partial charge in [-0.15, -0.1) is 12.4 Å². The van der Waals surface area contributed by atoms with E-state index in [1.807, 2.05) is 45.0 Å². The van der Waals surface area contributed by atoms with Crippen LogP contribution in [0.1, 0.15) is 44.7 Å². The molecule has 0 radical (unpaired) electrons. The molecule has 0 spiro atoms. The minimum absolute atomic E-state index is 0. The summed E-state index contributed by atoms with van der Waals surface area (Å²) < 4.78 is 37.6. The molecule has 0 aliphatic carbocycles. The van der Waals surface area contributed by atoms with Crippen LogP contribution < -0.4 is 29.7 Å². The molecule has 2 aliphatic rings. The predicted octanol–water partition coefficient (Wildman–Crippen LogP) is 6.04. The van der Waals surface area contributed by atoms with E-state index in [0.717, 1.165) is 47.3 Å². The second-order valence-electron chi connectivity index (χ2n) is 11.9. The average molecular weight is 642 g/mol. The van der Waals surface area contributed by atoms with Crippen molar-refractivity contribution in [2.45, 2.75) is 64.8 Å². The Morgan fingerprint density at radius 2 is 1.84 bits per heavy atom. The van der Waals surface area contributed by atoms with Gasteiger partial charge in [-0.25, -0.2) is 4.39 Å². The van der Waals surface area contributed by atoms with Gasteiger partial charge >= 0.3 is 5.97 Å². The summed E-state index contributed by atoms with van der Waals surface area (Å²) in [4.78, 5) is 27.3. The van der Waals surface area contributed by atoms with Gasteiger partial charge in [-0.3, -0.25) is 9.59 Å². The fourth-order valence-electron chi connectivity index (χ4n) is 5.71. The van der Waals surface area contributed by atoms with Crippen molar-refractivity contribution in [2.24, 2.45) is 0 Å². The van der Waals surface area contributed by atoms with Crippen molar-refractivity contribution in [1.29, 1.82) is 0 Å². The number of halogens is 2. The maximum absolute atomic E-state index is 14.1. The molecule has 1 fully saturated rings. The number of methoxy groups -OCH3 is 1. The molecule has 0 bridgehead atoms. The second kappa shape index (κ2) is 14.0. The minimum Gasteiger partial charge on any atom is -0.496 e. The Kier molecular flexibility index (Phi) is 10.5. The Hall–Kier alpha value is -4.02. The van der Waals surface area contributed by atoms with Crippen LogP contribution in [-0.4, -0.2) is 56.9 Å². The van der Waals surface area contributed by atoms with Crippen LogP contribution in [0.25, 0.3) is 11.1 Å². The zero-order valence-corrected chi connectivity index (χ0v) is 27.3. The lowest BCUT2D eigenvalue weighted by atomic mass is 9.91. The highest BCUT2D eigenvalue weighted by molar-refractivity contribution is 6.08. The number of aryl methyl sites for hydroxylation is 1. The summed E-state index contributed by atoms with van der Waals surface area (Å²) in [7, 11) is 3.32. The van der Waals surface area contributed by atoms with Gasteiger partial charge in [-0.2, -0.15) is 0 Å². The summed E-state index contributed by atoms with van der Waals surface area (Å²) >= 11 is 0. The lowest BCUT2D eigenvalue weighted by Crippen LogP contribution is -2.52. The van der Waals surface area contributed by atoms with Crippen molar-refractivity contribution in [2.75, 3.05) is 37.5 Å². The van der Waals surface area contributed by atoms with Crippen molar-refractivity contribution in [3.05, 3.63) is 65.5 Å². The Morgan fingerprint density at radius 1 is 1.09 bits per heavy atom. The second-order valence-corrected chi connectivity index (χ2v) is 11.9. The first-order valence-corrected chi connectivity index (χ1v) is 14.8. The number of amides is 1. The van der Waals surface area contributed by atoms with Gasteiger partial charge in [0, 0.05) is 30.3 Å². The monoisotopic (exact) mass is 641 g/mol. The van der Waals surface area contributed by atoms with E-state index in [1.54, 1.807) is 38.1 Å². The largest absolute Gasteiger partial charge is 0.496 e. The van der Waals surface area contributed by atoms with Crippen molar-refractivity contribution < 1.29 is 32.9 Å². The number of anilines is 2. The number of carbonyl (C=O) groups excluding carboxylic acids is 2. The molecule has 9 nitrogen and oxygen atoms in total. The lowest BCUT2D eigenvalue weighted by Gasteiger charge is -2.39. The fraction of sp³-hybridized carbons (Fsp3) is 0.412. The number of ether oxygens (including phenoxy) is 4. The Labute approximate surface area is 269 Å². The molecule has 2 aliphatic heterocycles. The van der Waals surface area contributed by atoms with Crippen molar-refractivity contribution >= 4 is 35.7 Å². The van der Waals surface area contributed by atoms with Crippen LogP contribution in [-0.2, 0) is 20.9 Å². The average Bonchev–Trinajstić information content (AvgIpc) is 3.54. The highest BCUT2D eigenvalue weighted by Crippen LogP contribution is 2.45. The summed E-state index contributed by atoms with van der Waals surface area (Å²) in [6.45, 7) is 8.40. The van der Waals surface area contributed by atoms with Gasteiger partial charge in [0.25, 0.3) is 5.91 Å². The number of benzene rings is 3. The zero-order valence-electron chi connectivity index (χ0n) is 26.5. The summed E-state index contributed by atoms with van der Waals surface area (Å²) in [5.41, 5.74) is 3.73. The molecule has 3 aromatic carbocycles. The molecule has 5 rings (SSSR count). The number of likely N-dealkylation sites (N-methyl/N-ethyl adjacent to an activating group) is 1. The Balaban J connectivity index is 0.00000461. The molecule has 2 heterocycles. The topological polar surface area (TPSA) is 98.4 Å². The minimum atomic E-state index is -0.795. The summed E-state index contributed by atoms with van der Waals surface area (Å²) in [6.07, 6.45) is 1.30. The fourth-order valence-corrected chi connectivity index (χ4v) is 5.71. The number of carbonyl (C=O) groups is 2. The van der Waals surface area contributed by atoms with Gasteiger partial charge in [0.1, 0.15) is 54.0 Å². The van der Waals surface area contributed by atoms with Crippen molar-refractivity contribution in [1.82, 2.24) is 5.32 Å². The molecular weight excluding hydrogens is 601 g/mol. The quantitative estimate of drug-likeness (QED) is 0.259. The highest BCUT2D eigenvalue weighted by Gasteiger charge is 2.39. The van der Waals surface area contributed by atoms with Crippen molar-refractivity contribution in [3.63, 3.8) is 0 Å². The molecule has 0 aromatic heterocycles. The van der Waals surface area contributed by atoms with Crippen molar-refractivity contribution in [3.8, 4) is 28.4 Å². The third kappa shape index (κ3) is 7.28. The molecule has 242 valence electrons. The summed E-state index contributed by atoms with van der Waals surface area (Å²) in [5.74, 6) is 0.759. The predicted molar refractivity (Wildman–Crippen MR) is 174 cm³/mol. The Morgan fingerprint density at radius 3 is 2.56 bits per heavy atom. The number of hydrogen-bond acceptors (Lipinski definition) is 8. The highest BCUT2D eigenvalue weighted by atomic mass is 35.5. The molecule has 11 heteroatoms. The van der Waals surface area contributed by atoms with Crippen LogP contribution in [0.2, 0.25) is 0 Å². The molecular formula is C34H41ClFN3O6. The van der Waals surface area contributed by atoms with E-state index in [4.69, 9.17) is 18.9 Å². The number of fused-ring (bicyclic) bond motifs is 1.